The van der Waals surface area contributed by atoms with E-state index in [1.807, 2.05) is 0 Å². The molecule has 0 saturated carbocycles. The highest BCUT2D eigenvalue weighted by Gasteiger charge is 2.30. The van der Waals surface area contributed by atoms with Gasteiger partial charge in [0.2, 0.25) is 0 Å². The molecule has 19 heavy (non-hydrogen) atoms. The molecule has 0 aliphatic carbocycles. The fourth-order valence-electron chi connectivity index (χ4n) is 2.40. The van der Waals surface area contributed by atoms with Crippen LogP contribution in [0.25, 0.3) is 0 Å². The molecule has 1 aromatic heterocycles. The molecule has 1 aliphatic heterocycles. The molecular weight excluding hydrogens is 258 g/mol. The van der Waals surface area contributed by atoms with Gasteiger partial charge in [-0.1, -0.05) is 6.92 Å². The Kier molecular flexibility index (Phi) is 4.92. The molecule has 0 amide bonds. The fraction of sp³-hybridized carbons (Fsp3) is 0.857. The molecule has 0 spiro atoms. The molecule has 2 atom stereocenters. The molecule has 108 valence electrons. The number of aromatic nitrogens is 2. The summed E-state index contributed by atoms with van der Waals surface area (Å²) in [5, 5.41) is 14.5. The van der Waals surface area contributed by atoms with Crippen LogP contribution in [0.3, 0.4) is 0 Å². The second-order valence-corrected chi connectivity index (χ2v) is 7.27. The van der Waals surface area contributed by atoms with Crippen LogP contribution in [-0.2, 0) is 11.2 Å². The van der Waals surface area contributed by atoms with Gasteiger partial charge in [-0.05, 0) is 33.6 Å². The van der Waals surface area contributed by atoms with Crippen molar-refractivity contribution in [2.75, 3.05) is 13.2 Å². The topological polar surface area (TPSA) is 47.0 Å². The van der Waals surface area contributed by atoms with E-state index < -0.39 is 0 Å². The molecule has 1 aliphatic rings. The summed E-state index contributed by atoms with van der Waals surface area (Å²) in [5.74, 6) is 0.465. The molecule has 0 radical (unpaired) electrons. The van der Waals surface area contributed by atoms with E-state index in [1.54, 1.807) is 11.3 Å². The van der Waals surface area contributed by atoms with Gasteiger partial charge in [-0.15, -0.1) is 21.5 Å². The first kappa shape index (κ1) is 14.9. The Balaban J connectivity index is 1.88. The van der Waals surface area contributed by atoms with Crippen LogP contribution in [-0.4, -0.2) is 35.0 Å². The van der Waals surface area contributed by atoms with Gasteiger partial charge in [-0.3, -0.25) is 0 Å². The van der Waals surface area contributed by atoms with Crippen LogP contribution in [0.2, 0.25) is 0 Å². The minimum absolute atomic E-state index is 0.167. The van der Waals surface area contributed by atoms with Crippen molar-refractivity contribution in [1.29, 1.82) is 0 Å². The molecule has 2 unspecified atom stereocenters. The van der Waals surface area contributed by atoms with E-state index in [1.165, 1.54) is 0 Å². The molecule has 1 fully saturated rings. The standard InChI is InChI=1S/C14H25N3OS/c1-5-11-10(7-9-18-11)13-17-16-12(19-13)6-8-15-14(2,3)4/h10-11,15H,5-9H2,1-4H3. The number of ether oxygens (including phenoxy) is 1. The SMILES string of the molecule is CCC1OCCC1c1nnc(CCNC(C)(C)C)s1. The molecule has 4 nitrogen and oxygen atoms in total. The molecule has 0 aromatic carbocycles. The van der Waals surface area contributed by atoms with E-state index in [-0.39, 0.29) is 5.54 Å². The number of hydrogen-bond acceptors (Lipinski definition) is 5. The van der Waals surface area contributed by atoms with E-state index in [2.05, 4.69) is 43.2 Å². The summed E-state index contributed by atoms with van der Waals surface area (Å²) in [6.07, 6.45) is 3.45. The molecular formula is C14H25N3OS. The monoisotopic (exact) mass is 283 g/mol. The van der Waals surface area contributed by atoms with Gasteiger partial charge >= 0.3 is 0 Å². The third-order valence-electron chi connectivity index (χ3n) is 3.41. The molecule has 2 heterocycles. The van der Waals surface area contributed by atoms with Crippen molar-refractivity contribution in [3.8, 4) is 0 Å². The van der Waals surface area contributed by atoms with E-state index >= 15 is 0 Å². The smallest absolute Gasteiger partial charge is 0.123 e. The van der Waals surface area contributed by atoms with Crippen molar-refractivity contribution in [2.24, 2.45) is 0 Å². The van der Waals surface area contributed by atoms with Crippen LogP contribution in [0.4, 0.5) is 0 Å². The van der Waals surface area contributed by atoms with Gasteiger partial charge in [0, 0.05) is 31.0 Å². The first-order valence-corrected chi connectivity index (χ1v) is 8.00. The van der Waals surface area contributed by atoms with Crippen molar-refractivity contribution < 1.29 is 4.74 Å². The van der Waals surface area contributed by atoms with Crippen LogP contribution < -0.4 is 5.32 Å². The lowest BCUT2D eigenvalue weighted by molar-refractivity contribution is 0.100. The quantitative estimate of drug-likeness (QED) is 0.902. The maximum atomic E-state index is 5.73. The Bertz CT molecular complexity index is 400. The lowest BCUT2D eigenvalue weighted by Gasteiger charge is -2.19. The van der Waals surface area contributed by atoms with Gasteiger partial charge in [-0.25, -0.2) is 0 Å². The Hall–Kier alpha value is -0.520. The van der Waals surface area contributed by atoms with Crippen molar-refractivity contribution in [1.82, 2.24) is 15.5 Å². The van der Waals surface area contributed by atoms with Gasteiger partial charge in [0.15, 0.2) is 0 Å². The highest BCUT2D eigenvalue weighted by atomic mass is 32.1. The summed E-state index contributed by atoms with van der Waals surface area (Å²) in [7, 11) is 0. The minimum Gasteiger partial charge on any atom is -0.377 e. The van der Waals surface area contributed by atoms with Crippen LogP contribution in [0.5, 0.6) is 0 Å². The fourth-order valence-corrected chi connectivity index (χ4v) is 3.43. The highest BCUT2D eigenvalue weighted by Crippen LogP contribution is 2.34. The largest absolute Gasteiger partial charge is 0.377 e. The van der Waals surface area contributed by atoms with Crippen molar-refractivity contribution in [2.45, 2.75) is 64.5 Å². The first-order valence-electron chi connectivity index (χ1n) is 7.18. The summed E-state index contributed by atoms with van der Waals surface area (Å²) < 4.78 is 5.73. The lowest BCUT2D eigenvalue weighted by atomic mass is 10.0. The van der Waals surface area contributed by atoms with Gasteiger partial charge in [-0.2, -0.15) is 0 Å². The second-order valence-electron chi connectivity index (χ2n) is 6.17. The van der Waals surface area contributed by atoms with Crippen molar-refractivity contribution in [3.63, 3.8) is 0 Å². The molecule has 2 rings (SSSR count). The number of hydrogen-bond donors (Lipinski definition) is 1. The number of rotatable bonds is 5. The van der Waals surface area contributed by atoms with Gasteiger partial charge in [0.05, 0.1) is 6.10 Å². The molecule has 0 bridgehead atoms. The lowest BCUT2D eigenvalue weighted by Crippen LogP contribution is -2.37. The minimum atomic E-state index is 0.167. The van der Waals surface area contributed by atoms with Crippen LogP contribution in [0.15, 0.2) is 0 Å². The van der Waals surface area contributed by atoms with E-state index in [9.17, 15) is 0 Å². The summed E-state index contributed by atoms with van der Waals surface area (Å²) in [6, 6.07) is 0. The normalized spacial score (nSPS) is 24.0. The number of nitrogens with one attached hydrogen (secondary N) is 1. The van der Waals surface area contributed by atoms with Gasteiger partial charge in [0.1, 0.15) is 10.0 Å². The predicted molar refractivity (Wildman–Crippen MR) is 78.8 cm³/mol. The van der Waals surface area contributed by atoms with Gasteiger partial charge < -0.3 is 10.1 Å². The van der Waals surface area contributed by atoms with Crippen LogP contribution in [0, 0.1) is 0 Å². The highest BCUT2D eigenvalue weighted by molar-refractivity contribution is 7.11. The second kappa shape index (κ2) is 6.29. The third kappa shape index (κ3) is 4.23. The molecule has 5 heteroatoms. The van der Waals surface area contributed by atoms with E-state index in [0.29, 0.717) is 12.0 Å². The summed E-state index contributed by atoms with van der Waals surface area (Å²) in [6.45, 7) is 10.5. The maximum Gasteiger partial charge on any atom is 0.123 e. The van der Waals surface area contributed by atoms with Crippen LogP contribution >= 0.6 is 11.3 Å². The Labute approximate surface area is 120 Å². The predicted octanol–water partition coefficient (Wildman–Crippen LogP) is 2.75. The Morgan fingerprint density at radius 2 is 2.16 bits per heavy atom. The zero-order chi connectivity index (χ0) is 13.9. The van der Waals surface area contributed by atoms with Crippen molar-refractivity contribution >= 4 is 11.3 Å². The first-order chi connectivity index (χ1) is 8.99. The van der Waals surface area contributed by atoms with Gasteiger partial charge in [0.25, 0.3) is 0 Å². The summed E-state index contributed by atoms with van der Waals surface area (Å²) >= 11 is 1.76. The Morgan fingerprint density at radius 3 is 2.84 bits per heavy atom. The summed E-state index contributed by atoms with van der Waals surface area (Å²) in [5.41, 5.74) is 0.167. The van der Waals surface area contributed by atoms with E-state index in [4.69, 9.17) is 4.74 Å². The average molecular weight is 283 g/mol. The number of nitrogens with zero attached hydrogens (tertiary/aromatic N) is 2. The molecule has 1 aromatic rings. The zero-order valence-corrected chi connectivity index (χ0v) is 13.2. The third-order valence-corrected chi connectivity index (χ3v) is 4.52. The summed E-state index contributed by atoms with van der Waals surface area (Å²) in [4.78, 5) is 0. The van der Waals surface area contributed by atoms with E-state index in [0.717, 1.165) is 42.4 Å². The van der Waals surface area contributed by atoms with Crippen LogP contribution in [0.1, 0.15) is 56.5 Å². The Morgan fingerprint density at radius 1 is 1.37 bits per heavy atom. The molecule has 1 N–H and O–H groups in total. The van der Waals surface area contributed by atoms with Crippen molar-refractivity contribution in [3.05, 3.63) is 10.0 Å². The molecule has 1 saturated heterocycles. The maximum absolute atomic E-state index is 5.73. The average Bonchev–Trinajstić information content (AvgIpc) is 2.93. The zero-order valence-electron chi connectivity index (χ0n) is 12.4.